The maximum absolute atomic E-state index is 13.9. The highest BCUT2D eigenvalue weighted by Gasteiger charge is 2.12. The Hall–Kier alpha value is -2.96. The van der Waals surface area contributed by atoms with Gasteiger partial charge in [-0.25, -0.2) is 8.78 Å². The summed E-state index contributed by atoms with van der Waals surface area (Å²) < 4.78 is 27.3. The minimum absolute atomic E-state index is 0.358. The van der Waals surface area contributed by atoms with Gasteiger partial charge < -0.3 is 22.5 Å². The van der Waals surface area contributed by atoms with Crippen LogP contribution in [0.15, 0.2) is 60.7 Å². The van der Waals surface area contributed by atoms with Crippen molar-refractivity contribution < 1.29 is 8.78 Å². The highest BCUT2D eigenvalue weighted by molar-refractivity contribution is 5.57. The fraction of sp³-hybridized carbons (Fsp3) is 0.400. The molecule has 4 nitrogen and oxygen atoms in total. The summed E-state index contributed by atoms with van der Waals surface area (Å²) in [6.45, 7) is 9.51. The molecule has 36 heavy (non-hydrogen) atoms. The summed E-state index contributed by atoms with van der Waals surface area (Å²) in [6, 6.07) is 18.0. The van der Waals surface area contributed by atoms with E-state index in [9.17, 15) is 8.78 Å². The zero-order valence-electron chi connectivity index (χ0n) is 22.7. The molecule has 3 rings (SSSR count). The first kappa shape index (κ1) is 33.0. The van der Waals surface area contributed by atoms with Crippen LogP contribution >= 0.6 is 0 Å². The molecule has 0 spiro atoms. The molecular formula is C30H46F2N4. The van der Waals surface area contributed by atoms with E-state index in [1.165, 1.54) is 43.5 Å². The molecule has 0 aliphatic heterocycles. The molecule has 0 saturated heterocycles. The predicted octanol–water partition coefficient (Wildman–Crippen LogP) is 7.05. The lowest BCUT2D eigenvalue weighted by Crippen LogP contribution is -2.07. The standard InChI is InChI=1S/C16H18F2N2.C11H17N.C2H6.CH5N/c1-2-7-20-16-12(9-13(17)10-14(16)18)8-11-5-3-4-6-15(11)19;1-2-3-6-10-7-4-5-8-11(10)9-12;2*1-2/h3-6,9-10,20H,2,7-8,19H2,1H3;4-5,7-8H,2-3,6,9,12H2,1H3;1-2H3;2H2,1H3. The van der Waals surface area contributed by atoms with Gasteiger partial charge in [-0.05, 0) is 60.7 Å². The summed E-state index contributed by atoms with van der Waals surface area (Å²) in [6.07, 6.45) is 4.94. The molecule has 0 radical (unpaired) electrons. The molecule has 0 atom stereocenters. The number of hydrogen-bond donors (Lipinski definition) is 4. The molecule has 0 aromatic heterocycles. The van der Waals surface area contributed by atoms with Crippen LogP contribution in [0, 0.1) is 11.6 Å². The topological polar surface area (TPSA) is 90.1 Å². The minimum Gasteiger partial charge on any atom is -0.398 e. The first-order valence-corrected chi connectivity index (χ1v) is 12.9. The number of hydrogen-bond acceptors (Lipinski definition) is 4. The summed E-state index contributed by atoms with van der Waals surface area (Å²) in [7, 11) is 1.50. The van der Waals surface area contributed by atoms with Crippen LogP contribution in [0.5, 0.6) is 0 Å². The quantitative estimate of drug-likeness (QED) is 0.237. The van der Waals surface area contributed by atoms with Gasteiger partial charge in [0.05, 0.1) is 5.69 Å². The Labute approximate surface area is 217 Å². The molecule has 0 unspecified atom stereocenters. The molecule has 0 saturated carbocycles. The van der Waals surface area contributed by atoms with Crippen molar-refractivity contribution in [1.29, 1.82) is 0 Å². The van der Waals surface area contributed by atoms with Gasteiger partial charge in [-0.15, -0.1) is 0 Å². The van der Waals surface area contributed by atoms with Gasteiger partial charge in [0.25, 0.3) is 0 Å². The van der Waals surface area contributed by atoms with Crippen LogP contribution in [-0.4, -0.2) is 13.6 Å². The van der Waals surface area contributed by atoms with Gasteiger partial charge in [-0.1, -0.05) is 76.6 Å². The average Bonchev–Trinajstić information content (AvgIpc) is 2.91. The van der Waals surface area contributed by atoms with Gasteiger partial charge in [-0.3, -0.25) is 0 Å². The van der Waals surface area contributed by atoms with Crippen molar-refractivity contribution >= 4 is 11.4 Å². The largest absolute Gasteiger partial charge is 0.398 e. The van der Waals surface area contributed by atoms with Crippen molar-refractivity contribution in [3.63, 3.8) is 0 Å². The Balaban J connectivity index is 0.000000655. The molecule has 0 aliphatic carbocycles. The third-order valence-corrected chi connectivity index (χ3v) is 5.26. The highest BCUT2D eigenvalue weighted by atomic mass is 19.1. The Morgan fingerprint density at radius 2 is 1.36 bits per heavy atom. The van der Waals surface area contributed by atoms with Gasteiger partial charge in [0.2, 0.25) is 0 Å². The molecule has 200 valence electrons. The van der Waals surface area contributed by atoms with E-state index in [-0.39, 0.29) is 0 Å². The molecule has 0 bridgehead atoms. The third kappa shape index (κ3) is 11.6. The number of rotatable bonds is 9. The summed E-state index contributed by atoms with van der Waals surface area (Å²) in [5.74, 6) is -1.14. The smallest absolute Gasteiger partial charge is 0.149 e. The molecular weight excluding hydrogens is 454 g/mol. The number of nitrogens with two attached hydrogens (primary N) is 3. The maximum atomic E-state index is 13.9. The van der Waals surface area contributed by atoms with Gasteiger partial charge in [0, 0.05) is 31.3 Å². The van der Waals surface area contributed by atoms with Crippen LogP contribution in [-0.2, 0) is 19.4 Å². The first-order chi connectivity index (χ1) is 17.5. The Morgan fingerprint density at radius 1 is 0.778 bits per heavy atom. The van der Waals surface area contributed by atoms with Crippen molar-refractivity contribution in [2.75, 3.05) is 24.6 Å². The molecule has 0 fully saturated rings. The first-order valence-electron chi connectivity index (χ1n) is 12.9. The fourth-order valence-electron chi connectivity index (χ4n) is 3.48. The summed E-state index contributed by atoms with van der Waals surface area (Å²) in [5.41, 5.74) is 21.1. The van der Waals surface area contributed by atoms with Crippen LogP contribution in [0.3, 0.4) is 0 Å². The second-order valence-electron chi connectivity index (χ2n) is 7.80. The van der Waals surface area contributed by atoms with E-state index in [1.54, 1.807) is 6.07 Å². The summed E-state index contributed by atoms with van der Waals surface area (Å²) in [4.78, 5) is 0. The number of nitrogens with one attached hydrogen (secondary N) is 1. The fourth-order valence-corrected chi connectivity index (χ4v) is 3.48. The SMILES string of the molecule is CC.CCCCc1ccccc1CN.CCCNc1c(F)cc(F)cc1Cc1ccccc1N.CN. The van der Waals surface area contributed by atoms with Crippen molar-refractivity contribution in [3.05, 3.63) is 94.6 Å². The lowest BCUT2D eigenvalue weighted by Gasteiger charge is -2.14. The lowest BCUT2D eigenvalue weighted by atomic mass is 10.0. The zero-order chi connectivity index (χ0) is 27.3. The summed E-state index contributed by atoms with van der Waals surface area (Å²) >= 11 is 0. The van der Waals surface area contributed by atoms with E-state index in [0.717, 1.165) is 18.1 Å². The second-order valence-corrected chi connectivity index (χ2v) is 7.80. The van der Waals surface area contributed by atoms with Gasteiger partial charge in [0.1, 0.15) is 11.6 Å². The Kier molecular flexibility index (Phi) is 18.6. The van der Waals surface area contributed by atoms with Crippen molar-refractivity contribution in [3.8, 4) is 0 Å². The van der Waals surface area contributed by atoms with Crippen molar-refractivity contribution in [1.82, 2.24) is 0 Å². The van der Waals surface area contributed by atoms with E-state index < -0.39 is 11.6 Å². The maximum Gasteiger partial charge on any atom is 0.149 e. The number of aryl methyl sites for hydroxylation is 1. The normalized spacial score (nSPS) is 9.58. The van der Waals surface area contributed by atoms with E-state index in [2.05, 4.69) is 42.2 Å². The average molecular weight is 501 g/mol. The van der Waals surface area contributed by atoms with E-state index >= 15 is 0 Å². The molecule has 6 heteroatoms. The Bertz CT molecular complexity index is 977. The highest BCUT2D eigenvalue weighted by Crippen LogP contribution is 2.26. The van der Waals surface area contributed by atoms with E-state index in [1.807, 2.05) is 39.0 Å². The van der Waals surface area contributed by atoms with Crippen LogP contribution in [0.2, 0.25) is 0 Å². The molecule has 0 aliphatic rings. The Morgan fingerprint density at radius 3 is 1.92 bits per heavy atom. The van der Waals surface area contributed by atoms with Crippen LogP contribution < -0.4 is 22.5 Å². The van der Waals surface area contributed by atoms with Gasteiger partial charge >= 0.3 is 0 Å². The molecule has 0 amide bonds. The number of unbranched alkanes of at least 4 members (excludes halogenated alkanes) is 1. The lowest BCUT2D eigenvalue weighted by molar-refractivity contribution is 0.582. The summed E-state index contributed by atoms with van der Waals surface area (Å²) in [5, 5.41) is 3.02. The van der Waals surface area contributed by atoms with Crippen LogP contribution in [0.25, 0.3) is 0 Å². The van der Waals surface area contributed by atoms with E-state index in [0.29, 0.717) is 36.4 Å². The predicted molar refractivity (Wildman–Crippen MR) is 153 cm³/mol. The zero-order valence-corrected chi connectivity index (χ0v) is 22.7. The molecule has 3 aromatic carbocycles. The minimum atomic E-state index is -0.575. The second kappa shape index (κ2) is 20.3. The van der Waals surface area contributed by atoms with Crippen molar-refractivity contribution in [2.24, 2.45) is 11.5 Å². The molecule has 0 heterocycles. The van der Waals surface area contributed by atoms with Crippen molar-refractivity contribution in [2.45, 2.75) is 66.3 Å². The molecule has 3 aromatic rings. The number of benzene rings is 3. The van der Waals surface area contributed by atoms with Gasteiger partial charge in [-0.2, -0.15) is 0 Å². The monoisotopic (exact) mass is 500 g/mol. The van der Waals surface area contributed by atoms with E-state index in [4.69, 9.17) is 11.5 Å². The molecule has 7 N–H and O–H groups in total. The van der Waals surface area contributed by atoms with Crippen LogP contribution in [0.4, 0.5) is 20.2 Å². The van der Waals surface area contributed by atoms with Gasteiger partial charge in [0.15, 0.2) is 0 Å². The number of nitrogen functional groups attached to an aromatic ring is 1. The third-order valence-electron chi connectivity index (χ3n) is 5.26. The van der Waals surface area contributed by atoms with Crippen LogP contribution in [0.1, 0.15) is 69.2 Å². The number of para-hydroxylation sites is 1. The number of halogens is 2. The number of anilines is 2.